The van der Waals surface area contributed by atoms with Crippen LogP contribution in [0.1, 0.15) is 19.4 Å². The van der Waals surface area contributed by atoms with Crippen LogP contribution in [0.4, 0.5) is 0 Å². The second-order valence-corrected chi connectivity index (χ2v) is 6.08. The lowest BCUT2D eigenvalue weighted by atomic mass is 9.93. The minimum atomic E-state index is -3.54. The number of benzene rings is 1. The van der Waals surface area contributed by atoms with Crippen molar-refractivity contribution in [3.8, 4) is 5.75 Å². The third kappa shape index (κ3) is 1.62. The van der Waals surface area contributed by atoms with Crippen LogP contribution < -0.4 is 0 Å². The van der Waals surface area contributed by atoms with Gasteiger partial charge < -0.3 is 10.2 Å². The van der Waals surface area contributed by atoms with Gasteiger partial charge in [0, 0.05) is 16.5 Å². The van der Waals surface area contributed by atoms with E-state index in [0.717, 1.165) is 5.41 Å². The van der Waals surface area contributed by atoms with Crippen LogP contribution in [0.5, 0.6) is 5.75 Å². The lowest BCUT2D eigenvalue weighted by Gasteiger charge is -2.19. The second kappa shape index (κ2) is 3.09. The summed E-state index contributed by atoms with van der Waals surface area (Å²) < 4.78 is 23.5. The molecule has 2 N–H and O–H groups in total. The van der Waals surface area contributed by atoms with Gasteiger partial charge in [0.15, 0.2) is 0 Å². The largest absolute Gasteiger partial charge is 0.508 e. The summed E-state index contributed by atoms with van der Waals surface area (Å²) >= 11 is 0. The van der Waals surface area contributed by atoms with Crippen molar-refractivity contribution in [3.63, 3.8) is 0 Å². The van der Waals surface area contributed by atoms with Gasteiger partial charge in [-0.25, -0.2) is 8.42 Å². The van der Waals surface area contributed by atoms with Crippen molar-refractivity contribution >= 4 is 15.4 Å². The van der Waals surface area contributed by atoms with Crippen molar-refractivity contribution in [2.75, 3.05) is 0 Å². The summed E-state index contributed by atoms with van der Waals surface area (Å²) in [4.78, 5) is 0.0459. The predicted octanol–water partition coefficient (Wildman–Crippen LogP) is 1.29. The third-order valence-electron chi connectivity index (χ3n) is 2.49. The van der Waals surface area contributed by atoms with Gasteiger partial charge >= 0.3 is 0 Å². The molecule has 0 bridgehead atoms. The molecule has 0 aliphatic carbocycles. The minimum Gasteiger partial charge on any atom is -0.508 e. The van der Waals surface area contributed by atoms with Crippen molar-refractivity contribution < 1.29 is 18.6 Å². The Hall–Kier alpha value is -1.33. The molecule has 0 radical (unpaired) electrons. The van der Waals surface area contributed by atoms with Crippen LogP contribution in [0.2, 0.25) is 0 Å². The molecule has 0 saturated heterocycles. The Morgan fingerprint density at radius 2 is 1.88 bits per heavy atom. The van der Waals surface area contributed by atoms with Crippen LogP contribution in [0.3, 0.4) is 0 Å². The number of aromatic hydroxyl groups is 1. The number of sulfone groups is 1. The molecule has 1 aromatic carbocycles. The average Bonchev–Trinajstić information content (AvgIpc) is 2.38. The first-order valence-electron chi connectivity index (χ1n) is 4.75. The molecular weight excluding hydrogens is 228 g/mol. The van der Waals surface area contributed by atoms with E-state index < -0.39 is 15.4 Å². The van der Waals surface area contributed by atoms with Gasteiger partial charge in [-0.3, -0.25) is 0 Å². The zero-order chi connectivity index (χ0) is 12.1. The highest BCUT2D eigenvalue weighted by Gasteiger charge is 2.34. The Bertz CT molecular complexity index is 576. The highest BCUT2D eigenvalue weighted by atomic mass is 32.2. The number of hydrogen-bond donors (Lipinski definition) is 2. The number of phenols is 1. The quantitative estimate of drug-likeness (QED) is 0.775. The number of phenolic OH excluding ortho intramolecular Hbond substituents is 1. The molecule has 0 unspecified atom stereocenters. The molecule has 2 rings (SSSR count). The van der Waals surface area contributed by atoms with Crippen molar-refractivity contribution in [1.29, 1.82) is 0 Å². The third-order valence-corrected chi connectivity index (χ3v) is 3.99. The van der Waals surface area contributed by atoms with E-state index in [1.165, 1.54) is 32.0 Å². The van der Waals surface area contributed by atoms with E-state index in [2.05, 4.69) is 0 Å². The van der Waals surface area contributed by atoms with E-state index in [-0.39, 0.29) is 10.6 Å². The van der Waals surface area contributed by atoms with Crippen LogP contribution in [0.15, 0.2) is 28.5 Å². The Morgan fingerprint density at radius 3 is 2.44 bits per heavy atom. The van der Waals surface area contributed by atoms with E-state index in [9.17, 15) is 18.6 Å². The molecule has 0 amide bonds. The van der Waals surface area contributed by atoms with Gasteiger partial charge in [-0.05, 0) is 32.0 Å². The van der Waals surface area contributed by atoms with E-state index in [0.29, 0.717) is 11.1 Å². The molecule has 0 aromatic heterocycles. The summed E-state index contributed by atoms with van der Waals surface area (Å²) in [6, 6.07) is 4.10. The maximum Gasteiger partial charge on any atom is 0.200 e. The second-order valence-electron chi connectivity index (χ2n) is 4.32. The number of aliphatic hydroxyl groups is 1. The standard InChI is InChI=1S/C11H12O4S/c1-11(2,13)9-6-16(14,15)10-5-7(12)3-4-8(9)10/h3-6,12-13H,1-2H3. The van der Waals surface area contributed by atoms with Crippen LogP contribution >= 0.6 is 0 Å². The number of rotatable bonds is 1. The topological polar surface area (TPSA) is 74.6 Å². The summed E-state index contributed by atoms with van der Waals surface area (Å²) in [5.41, 5.74) is -0.428. The summed E-state index contributed by atoms with van der Waals surface area (Å²) in [6.45, 7) is 3.05. The minimum absolute atomic E-state index is 0.0459. The molecule has 1 aliphatic heterocycles. The van der Waals surface area contributed by atoms with E-state index in [1.54, 1.807) is 0 Å². The van der Waals surface area contributed by atoms with Crippen LogP contribution in [-0.2, 0) is 9.84 Å². The smallest absolute Gasteiger partial charge is 0.200 e. The normalized spacial score (nSPS) is 18.1. The first-order valence-corrected chi connectivity index (χ1v) is 6.29. The fourth-order valence-electron chi connectivity index (χ4n) is 1.72. The molecule has 5 heteroatoms. The molecule has 0 saturated carbocycles. The molecule has 1 aromatic rings. The molecule has 4 nitrogen and oxygen atoms in total. The Morgan fingerprint density at radius 1 is 1.25 bits per heavy atom. The van der Waals surface area contributed by atoms with Gasteiger partial charge in [0.25, 0.3) is 0 Å². The van der Waals surface area contributed by atoms with Gasteiger partial charge in [0.1, 0.15) is 5.75 Å². The lowest BCUT2D eigenvalue weighted by Crippen LogP contribution is -2.19. The maximum absolute atomic E-state index is 11.8. The fourth-order valence-corrected chi connectivity index (χ4v) is 3.35. The SMILES string of the molecule is CC(C)(O)C1=CS(=O)(=O)c2cc(O)ccc21. The van der Waals surface area contributed by atoms with Gasteiger partial charge in [0.2, 0.25) is 9.84 Å². The fraction of sp³-hybridized carbons (Fsp3) is 0.273. The van der Waals surface area contributed by atoms with Gasteiger partial charge in [-0.1, -0.05) is 0 Å². The van der Waals surface area contributed by atoms with Crippen LogP contribution in [-0.4, -0.2) is 24.2 Å². The summed E-state index contributed by atoms with van der Waals surface area (Å²) in [5.74, 6) is -0.104. The predicted molar refractivity (Wildman–Crippen MR) is 59.6 cm³/mol. The molecule has 86 valence electrons. The van der Waals surface area contributed by atoms with Crippen molar-refractivity contribution in [2.45, 2.75) is 24.3 Å². The van der Waals surface area contributed by atoms with E-state index >= 15 is 0 Å². The summed E-state index contributed by atoms with van der Waals surface area (Å²) in [7, 11) is -3.54. The van der Waals surface area contributed by atoms with Crippen molar-refractivity contribution in [3.05, 3.63) is 29.2 Å². The first kappa shape index (κ1) is 11.2. The molecule has 0 fully saturated rings. The van der Waals surface area contributed by atoms with Crippen molar-refractivity contribution in [2.24, 2.45) is 0 Å². The monoisotopic (exact) mass is 240 g/mol. The Kier molecular flexibility index (Phi) is 2.15. The summed E-state index contributed by atoms with van der Waals surface area (Å²) in [6.07, 6.45) is 0. The van der Waals surface area contributed by atoms with E-state index in [1.807, 2.05) is 0 Å². The van der Waals surface area contributed by atoms with Gasteiger partial charge in [-0.2, -0.15) is 0 Å². The van der Waals surface area contributed by atoms with Gasteiger partial charge in [0.05, 0.1) is 10.5 Å². The molecule has 0 atom stereocenters. The van der Waals surface area contributed by atoms with Crippen molar-refractivity contribution in [1.82, 2.24) is 0 Å². The Balaban J connectivity index is 2.75. The average molecular weight is 240 g/mol. The number of hydrogen-bond acceptors (Lipinski definition) is 4. The molecule has 16 heavy (non-hydrogen) atoms. The lowest BCUT2D eigenvalue weighted by molar-refractivity contribution is 0.144. The highest BCUT2D eigenvalue weighted by Crippen LogP contribution is 2.40. The Labute approximate surface area is 93.8 Å². The van der Waals surface area contributed by atoms with E-state index in [4.69, 9.17) is 0 Å². The molecule has 1 heterocycles. The van der Waals surface area contributed by atoms with Crippen LogP contribution in [0.25, 0.3) is 5.57 Å². The number of fused-ring (bicyclic) bond motifs is 1. The maximum atomic E-state index is 11.8. The zero-order valence-electron chi connectivity index (χ0n) is 8.93. The molecule has 1 aliphatic rings. The first-order chi connectivity index (χ1) is 7.22. The summed E-state index contributed by atoms with van der Waals surface area (Å²) in [5, 5.41) is 20.2. The molecular formula is C11H12O4S. The van der Waals surface area contributed by atoms with Gasteiger partial charge in [-0.15, -0.1) is 0 Å². The van der Waals surface area contributed by atoms with Crippen LogP contribution in [0, 0.1) is 0 Å². The zero-order valence-corrected chi connectivity index (χ0v) is 9.75. The highest BCUT2D eigenvalue weighted by molar-refractivity contribution is 7.95. The molecule has 0 spiro atoms.